The molecule has 1 fully saturated rings. The van der Waals surface area contributed by atoms with E-state index in [4.69, 9.17) is 4.74 Å². The molecule has 0 bridgehead atoms. The minimum Gasteiger partial charge on any atom is -0.376 e. The van der Waals surface area contributed by atoms with E-state index in [0.717, 1.165) is 67.8 Å². The van der Waals surface area contributed by atoms with Crippen LogP contribution < -0.4 is 11.0 Å². The van der Waals surface area contributed by atoms with Gasteiger partial charge in [-0.05, 0) is 44.9 Å². The Kier molecular flexibility index (Phi) is 6.61. The number of nitrogens with one attached hydrogen (secondary N) is 1. The minimum absolute atomic E-state index is 0.102. The van der Waals surface area contributed by atoms with Crippen LogP contribution in [0, 0.1) is 0 Å². The van der Waals surface area contributed by atoms with E-state index >= 15 is 0 Å². The molecule has 0 saturated carbocycles. The van der Waals surface area contributed by atoms with Crippen LogP contribution in [-0.4, -0.2) is 44.1 Å². The monoisotopic (exact) mass is 435 g/mol. The number of ether oxygens (including phenoxy) is 1. The van der Waals surface area contributed by atoms with E-state index in [2.05, 4.69) is 20.5 Å². The second-order valence-electron chi connectivity index (χ2n) is 7.27. The molecule has 1 N–H and O–H groups in total. The van der Waals surface area contributed by atoms with Crippen molar-refractivity contribution in [2.75, 3.05) is 17.7 Å². The van der Waals surface area contributed by atoms with Crippen LogP contribution in [0.5, 0.6) is 0 Å². The molecule has 4 rings (SSSR count). The molecule has 3 heterocycles. The number of aromatic nitrogens is 4. The second-order valence-corrected chi connectivity index (χ2v) is 9.29. The lowest BCUT2D eigenvalue weighted by Crippen LogP contribution is -2.34. The van der Waals surface area contributed by atoms with Crippen LogP contribution in [0.25, 0.3) is 0 Å². The van der Waals surface area contributed by atoms with Gasteiger partial charge in [-0.25, -0.2) is 4.79 Å². The van der Waals surface area contributed by atoms with Gasteiger partial charge in [-0.2, -0.15) is 4.98 Å². The average molecular weight is 436 g/mol. The fourth-order valence-electron chi connectivity index (χ4n) is 3.78. The zero-order chi connectivity index (χ0) is 20.2. The van der Waals surface area contributed by atoms with Gasteiger partial charge < -0.3 is 4.74 Å². The first kappa shape index (κ1) is 20.5. The molecule has 0 radical (unpaired) electrons. The smallest absolute Gasteiger partial charge is 0.348 e. The summed E-state index contributed by atoms with van der Waals surface area (Å²) in [7, 11) is 0. The summed E-state index contributed by atoms with van der Waals surface area (Å²) in [5, 5.41) is 12.8. The maximum Gasteiger partial charge on any atom is 0.348 e. The van der Waals surface area contributed by atoms with Gasteiger partial charge in [0.2, 0.25) is 11.0 Å². The highest BCUT2D eigenvalue weighted by Crippen LogP contribution is 2.29. The lowest BCUT2D eigenvalue weighted by atomic mass is 9.97. The Labute approximate surface area is 177 Å². The molecule has 1 saturated heterocycles. The van der Waals surface area contributed by atoms with E-state index < -0.39 is 0 Å². The summed E-state index contributed by atoms with van der Waals surface area (Å²) in [4.78, 5) is 29.4. The van der Waals surface area contributed by atoms with E-state index in [1.807, 2.05) is 11.5 Å². The fraction of sp³-hybridized carbons (Fsp3) is 0.632. The lowest BCUT2D eigenvalue weighted by molar-refractivity contribution is -0.113. The number of carbonyl (C=O) groups is 1. The minimum atomic E-state index is -0.235. The van der Waals surface area contributed by atoms with Gasteiger partial charge in [-0.1, -0.05) is 30.0 Å². The van der Waals surface area contributed by atoms with Crippen molar-refractivity contribution in [2.24, 2.45) is 0 Å². The van der Waals surface area contributed by atoms with Gasteiger partial charge in [-0.15, -0.1) is 10.2 Å². The second kappa shape index (κ2) is 9.36. The number of fused-ring (bicyclic) bond motifs is 1. The maximum atomic E-state index is 12.7. The summed E-state index contributed by atoms with van der Waals surface area (Å²) in [6.07, 6.45) is 6.86. The van der Waals surface area contributed by atoms with E-state index in [-0.39, 0.29) is 23.5 Å². The van der Waals surface area contributed by atoms with E-state index in [1.54, 1.807) is 0 Å². The van der Waals surface area contributed by atoms with Crippen LogP contribution in [-0.2, 0) is 35.3 Å². The standard InChI is InChI=1S/C19H25N5O3S2/c1-2-16-22-23-18(29-16)20-15(25)11-28-17-13-7-3-4-8-14(13)24(19(26)21-17)10-12-6-5-9-27-12/h12H,2-11H2,1H3,(H,20,23,25). The van der Waals surface area contributed by atoms with Crippen molar-refractivity contribution in [3.05, 3.63) is 26.7 Å². The first-order chi connectivity index (χ1) is 14.1. The van der Waals surface area contributed by atoms with Crippen LogP contribution >= 0.6 is 23.1 Å². The molecule has 2 aromatic rings. The first-order valence-corrected chi connectivity index (χ1v) is 11.9. The van der Waals surface area contributed by atoms with Crippen molar-refractivity contribution in [1.82, 2.24) is 19.7 Å². The third-order valence-corrected chi connectivity index (χ3v) is 7.22. The highest BCUT2D eigenvalue weighted by Gasteiger charge is 2.24. The van der Waals surface area contributed by atoms with Crippen molar-refractivity contribution in [1.29, 1.82) is 0 Å². The van der Waals surface area contributed by atoms with Gasteiger partial charge in [-0.3, -0.25) is 14.7 Å². The molecule has 0 aromatic carbocycles. The Hall–Kier alpha value is -1.78. The topological polar surface area (TPSA) is 99.0 Å². The van der Waals surface area contributed by atoms with Gasteiger partial charge in [0.25, 0.3) is 0 Å². The van der Waals surface area contributed by atoms with E-state index in [0.29, 0.717) is 16.7 Å². The number of carbonyl (C=O) groups excluding carboxylic acids is 1. The number of hydrogen-bond acceptors (Lipinski definition) is 8. The molecule has 0 spiro atoms. The zero-order valence-corrected chi connectivity index (χ0v) is 18.1. The number of amides is 1. The third-order valence-electron chi connectivity index (χ3n) is 5.22. The van der Waals surface area contributed by atoms with Gasteiger partial charge >= 0.3 is 5.69 Å². The molecule has 29 heavy (non-hydrogen) atoms. The molecule has 1 aliphatic heterocycles. The number of rotatable bonds is 7. The van der Waals surface area contributed by atoms with Gasteiger partial charge in [0.1, 0.15) is 10.0 Å². The summed E-state index contributed by atoms with van der Waals surface area (Å²) in [5.41, 5.74) is 1.96. The van der Waals surface area contributed by atoms with Crippen molar-refractivity contribution >= 4 is 34.1 Å². The highest BCUT2D eigenvalue weighted by atomic mass is 32.2. The van der Waals surface area contributed by atoms with Crippen molar-refractivity contribution < 1.29 is 9.53 Å². The summed E-state index contributed by atoms with van der Waals surface area (Å²) < 4.78 is 7.53. The van der Waals surface area contributed by atoms with E-state index in [1.165, 1.54) is 23.1 Å². The molecular weight excluding hydrogens is 410 g/mol. The fourth-order valence-corrected chi connectivity index (χ4v) is 5.36. The Morgan fingerprint density at radius 2 is 2.17 bits per heavy atom. The Morgan fingerprint density at radius 1 is 1.31 bits per heavy atom. The number of anilines is 1. The van der Waals surface area contributed by atoms with Gasteiger partial charge in [0, 0.05) is 17.9 Å². The summed E-state index contributed by atoms with van der Waals surface area (Å²) in [5.74, 6) is 0.0269. The summed E-state index contributed by atoms with van der Waals surface area (Å²) >= 11 is 2.71. The van der Waals surface area contributed by atoms with Crippen LogP contribution in [0.3, 0.4) is 0 Å². The average Bonchev–Trinajstić information content (AvgIpc) is 3.40. The molecule has 1 unspecified atom stereocenters. The Balaban J connectivity index is 1.47. The normalized spacial score (nSPS) is 18.6. The third kappa shape index (κ3) is 4.87. The summed E-state index contributed by atoms with van der Waals surface area (Å²) in [6, 6.07) is 0. The zero-order valence-electron chi connectivity index (χ0n) is 16.5. The molecule has 8 nitrogen and oxygen atoms in total. The maximum absolute atomic E-state index is 12.7. The van der Waals surface area contributed by atoms with E-state index in [9.17, 15) is 9.59 Å². The Bertz CT molecular complexity index is 936. The largest absolute Gasteiger partial charge is 0.376 e. The van der Waals surface area contributed by atoms with Crippen LogP contribution in [0.2, 0.25) is 0 Å². The molecule has 2 aromatic heterocycles. The molecule has 156 valence electrons. The Morgan fingerprint density at radius 3 is 2.93 bits per heavy atom. The number of nitrogens with zero attached hydrogens (tertiary/aromatic N) is 4. The summed E-state index contributed by atoms with van der Waals surface area (Å²) in [6.45, 7) is 3.35. The predicted octanol–water partition coefficient (Wildman–Crippen LogP) is 2.45. The molecule has 10 heteroatoms. The SMILES string of the molecule is CCc1nnc(NC(=O)CSc2nc(=O)n(CC3CCCO3)c3c2CCCC3)s1. The molecule has 1 aliphatic carbocycles. The van der Waals surface area contributed by atoms with Crippen molar-refractivity contribution in [3.8, 4) is 0 Å². The van der Waals surface area contributed by atoms with Crippen LogP contribution in [0.4, 0.5) is 5.13 Å². The number of aryl methyl sites for hydroxylation is 1. The molecule has 2 aliphatic rings. The van der Waals surface area contributed by atoms with Gasteiger partial charge in [0.15, 0.2) is 0 Å². The molecule has 1 amide bonds. The number of hydrogen-bond donors (Lipinski definition) is 1. The number of thioether (sulfide) groups is 1. The first-order valence-electron chi connectivity index (χ1n) is 10.1. The predicted molar refractivity (Wildman–Crippen MR) is 113 cm³/mol. The van der Waals surface area contributed by atoms with Gasteiger partial charge in [0.05, 0.1) is 18.4 Å². The molecule has 1 atom stereocenters. The van der Waals surface area contributed by atoms with Crippen LogP contribution in [0.1, 0.15) is 48.9 Å². The quantitative estimate of drug-likeness (QED) is 0.527. The van der Waals surface area contributed by atoms with Crippen molar-refractivity contribution in [2.45, 2.75) is 69.5 Å². The lowest BCUT2D eigenvalue weighted by Gasteiger charge is -2.24. The molecular formula is C19H25N5O3S2. The highest BCUT2D eigenvalue weighted by molar-refractivity contribution is 8.00. The van der Waals surface area contributed by atoms with Crippen molar-refractivity contribution in [3.63, 3.8) is 0 Å². The van der Waals surface area contributed by atoms with Crippen LogP contribution in [0.15, 0.2) is 9.82 Å².